The second kappa shape index (κ2) is 10.5. The number of carbonyl (C=O) groups is 1. The second-order valence-electron chi connectivity index (χ2n) is 7.23. The van der Waals surface area contributed by atoms with E-state index in [1.54, 1.807) is 13.1 Å². The molecule has 160 valence electrons. The van der Waals surface area contributed by atoms with Crippen molar-refractivity contribution in [3.8, 4) is 5.75 Å². The van der Waals surface area contributed by atoms with Crippen LogP contribution in [0.5, 0.6) is 5.75 Å². The summed E-state index contributed by atoms with van der Waals surface area (Å²) in [6.45, 7) is 6.87. The number of hydrogen-bond donors (Lipinski definition) is 3. The summed E-state index contributed by atoms with van der Waals surface area (Å²) >= 11 is 0. The summed E-state index contributed by atoms with van der Waals surface area (Å²) in [5, 5.41) is 16.1. The Morgan fingerprint density at radius 3 is 2.57 bits per heavy atom. The highest BCUT2D eigenvalue weighted by Gasteiger charge is 2.21. The molecule has 0 atom stereocenters. The van der Waals surface area contributed by atoms with Crippen LogP contribution in [-0.4, -0.2) is 68.2 Å². The Bertz CT molecular complexity index is 875. The maximum atomic E-state index is 11.8. The normalized spacial score (nSPS) is 14.5. The van der Waals surface area contributed by atoms with Gasteiger partial charge in [-0.1, -0.05) is 24.3 Å². The van der Waals surface area contributed by atoms with Crippen molar-refractivity contribution in [2.75, 3.05) is 51.2 Å². The van der Waals surface area contributed by atoms with Crippen LogP contribution in [0.1, 0.15) is 22.8 Å². The second-order valence-corrected chi connectivity index (χ2v) is 7.23. The van der Waals surface area contributed by atoms with Crippen molar-refractivity contribution in [1.82, 2.24) is 15.5 Å². The number of para-hydroxylation sites is 2. The molecule has 1 heterocycles. The van der Waals surface area contributed by atoms with E-state index in [-0.39, 0.29) is 5.91 Å². The summed E-state index contributed by atoms with van der Waals surface area (Å²) in [7, 11) is 1.64. The number of nitrogens with one attached hydrogen (secondary N) is 2. The Morgan fingerprint density at radius 2 is 1.87 bits per heavy atom. The fraction of sp³-hybridized carbons (Fsp3) is 0.391. The number of rotatable bonds is 6. The number of anilines is 1. The van der Waals surface area contributed by atoms with Crippen LogP contribution in [0.4, 0.5) is 5.69 Å². The standard InChI is InChI=1S/C23H31N5O2/c1-3-25-23(26-12-11-18-7-6-8-19(17-18)22(30)24-2)28-15-13-27(14-16-28)20-9-4-5-10-21(20)29/h4-10,17,29H,3,11-16H2,1-2H3,(H,24,30)(H,25,26). The van der Waals surface area contributed by atoms with Crippen LogP contribution in [0.15, 0.2) is 53.5 Å². The zero-order chi connectivity index (χ0) is 21.3. The first-order chi connectivity index (χ1) is 14.6. The fourth-order valence-corrected chi connectivity index (χ4v) is 3.62. The van der Waals surface area contributed by atoms with Gasteiger partial charge in [-0.05, 0) is 43.2 Å². The van der Waals surface area contributed by atoms with Crippen LogP contribution in [0, 0.1) is 0 Å². The minimum Gasteiger partial charge on any atom is -0.506 e. The molecule has 1 aliphatic heterocycles. The zero-order valence-electron chi connectivity index (χ0n) is 17.8. The molecule has 0 radical (unpaired) electrons. The van der Waals surface area contributed by atoms with Gasteiger partial charge in [0.05, 0.1) is 5.69 Å². The number of guanidine groups is 1. The van der Waals surface area contributed by atoms with E-state index in [0.29, 0.717) is 17.9 Å². The average molecular weight is 410 g/mol. The number of amides is 1. The third-order valence-electron chi connectivity index (χ3n) is 5.21. The van der Waals surface area contributed by atoms with Gasteiger partial charge < -0.3 is 25.5 Å². The van der Waals surface area contributed by atoms with Crippen LogP contribution in [0.25, 0.3) is 0 Å². The van der Waals surface area contributed by atoms with Gasteiger partial charge in [-0.3, -0.25) is 9.79 Å². The van der Waals surface area contributed by atoms with E-state index in [1.807, 2.05) is 42.5 Å². The van der Waals surface area contributed by atoms with E-state index in [2.05, 4.69) is 27.4 Å². The molecule has 30 heavy (non-hydrogen) atoms. The van der Waals surface area contributed by atoms with E-state index in [4.69, 9.17) is 4.99 Å². The molecule has 1 aliphatic rings. The van der Waals surface area contributed by atoms with Gasteiger partial charge in [0.25, 0.3) is 5.91 Å². The van der Waals surface area contributed by atoms with Gasteiger partial charge in [-0.2, -0.15) is 0 Å². The predicted molar refractivity (Wildman–Crippen MR) is 121 cm³/mol. The quantitative estimate of drug-likeness (QED) is 0.503. The monoisotopic (exact) mass is 409 g/mol. The van der Waals surface area contributed by atoms with Crippen LogP contribution in [0.2, 0.25) is 0 Å². The molecule has 3 rings (SSSR count). The van der Waals surface area contributed by atoms with Crippen molar-refractivity contribution < 1.29 is 9.90 Å². The lowest BCUT2D eigenvalue weighted by Crippen LogP contribution is -2.52. The third-order valence-corrected chi connectivity index (χ3v) is 5.21. The lowest BCUT2D eigenvalue weighted by molar-refractivity contribution is 0.0963. The minimum absolute atomic E-state index is 0.0731. The Balaban J connectivity index is 1.59. The molecule has 0 saturated carbocycles. The lowest BCUT2D eigenvalue weighted by Gasteiger charge is -2.37. The molecule has 0 aromatic heterocycles. The molecule has 1 amide bonds. The number of aliphatic imine (C=N–C) groups is 1. The topological polar surface area (TPSA) is 80.2 Å². The van der Waals surface area contributed by atoms with E-state index < -0.39 is 0 Å². The summed E-state index contributed by atoms with van der Waals surface area (Å²) in [4.78, 5) is 21.1. The van der Waals surface area contributed by atoms with E-state index >= 15 is 0 Å². The number of carbonyl (C=O) groups excluding carboxylic acids is 1. The molecule has 0 spiro atoms. The van der Waals surface area contributed by atoms with Crippen molar-refractivity contribution in [3.63, 3.8) is 0 Å². The molecule has 7 nitrogen and oxygen atoms in total. The van der Waals surface area contributed by atoms with Gasteiger partial charge in [0.1, 0.15) is 5.75 Å². The number of piperazine rings is 1. The predicted octanol–water partition coefficient (Wildman–Crippen LogP) is 2.08. The Morgan fingerprint density at radius 1 is 1.10 bits per heavy atom. The molecular formula is C23H31N5O2. The van der Waals surface area contributed by atoms with E-state index in [0.717, 1.165) is 56.4 Å². The number of aromatic hydroxyl groups is 1. The smallest absolute Gasteiger partial charge is 0.251 e. The Labute approximate surface area is 178 Å². The van der Waals surface area contributed by atoms with Crippen molar-refractivity contribution >= 4 is 17.6 Å². The molecule has 0 aliphatic carbocycles. The molecule has 2 aromatic rings. The maximum absolute atomic E-state index is 11.8. The first-order valence-electron chi connectivity index (χ1n) is 10.5. The molecule has 1 saturated heterocycles. The van der Waals surface area contributed by atoms with Crippen LogP contribution in [-0.2, 0) is 6.42 Å². The summed E-state index contributed by atoms with van der Waals surface area (Å²) in [5.74, 6) is 1.17. The zero-order valence-corrected chi connectivity index (χ0v) is 17.8. The average Bonchev–Trinajstić information content (AvgIpc) is 2.79. The largest absolute Gasteiger partial charge is 0.506 e. The van der Waals surface area contributed by atoms with Crippen molar-refractivity contribution in [2.24, 2.45) is 4.99 Å². The number of nitrogens with zero attached hydrogens (tertiary/aromatic N) is 3. The molecule has 0 unspecified atom stereocenters. The minimum atomic E-state index is -0.0731. The van der Waals surface area contributed by atoms with Crippen molar-refractivity contribution in [3.05, 3.63) is 59.7 Å². The molecule has 3 N–H and O–H groups in total. The SMILES string of the molecule is CCNC(=NCCc1cccc(C(=O)NC)c1)N1CCN(c2ccccc2O)CC1. The molecule has 1 fully saturated rings. The summed E-state index contributed by atoms with van der Waals surface area (Å²) < 4.78 is 0. The molecule has 7 heteroatoms. The van der Waals surface area contributed by atoms with E-state index in [1.165, 1.54) is 0 Å². The number of benzene rings is 2. The van der Waals surface area contributed by atoms with Gasteiger partial charge in [-0.25, -0.2) is 0 Å². The molecule has 0 bridgehead atoms. The van der Waals surface area contributed by atoms with Gasteiger partial charge in [-0.15, -0.1) is 0 Å². The third kappa shape index (κ3) is 5.43. The number of hydrogen-bond acceptors (Lipinski definition) is 4. The fourth-order valence-electron chi connectivity index (χ4n) is 3.62. The van der Waals surface area contributed by atoms with Gasteiger partial charge in [0.2, 0.25) is 0 Å². The Kier molecular flexibility index (Phi) is 7.54. The van der Waals surface area contributed by atoms with Crippen LogP contribution in [0.3, 0.4) is 0 Å². The van der Waals surface area contributed by atoms with Gasteiger partial charge >= 0.3 is 0 Å². The highest BCUT2D eigenvalue weighted by molar-refractivity contribution is 5.94. The van der Waals surface area contributed by atoms with Crippen molar-refractivity contribution in [2.45, 2.75) is 13.3 Å². The van der Waals surface area contributed by atoms with Crippen molar-refractivity contribution in [1.29, 1.82) is 0 Å². The lowest BCUT2D eigenvalue weighted by atomic mass is 10.1. The number of phenols is 1. The Hall–Kier alpha value is -3.22. The highest BCUT2D eigenvalue weighted by atomic mass is 16.3. The maximum Gasteiger partial charge on any atom is 0.251 e. The van der Waals surface area contributed by atoms with Gasteiger partial charge in [0.15, 0.2) is 5.96 Å². The van der Waals surface area contributed by atoms with Crippen LogP contribution >= 0.6 is 0 Å². The molecule has 2 aromatic carbocycles. The summed E-state index contributed by atoms with van der Waals surface area (Å²) in [6.07, 6.45) is 0.775. The van der Waals surface area contributed by atoms with E-state index in [9.17, 15) is 9.90 Å². The first kappa shape index (κ1) is 21.5. The van der Waals surface area contributed by atoms with Crippen LogP contribution < -0.4 is 15.5 Å². The summed E-state index contributed by atoms with van der Waals surface area (Å²) in [5.41, 5.74) is 2.65. The van der Waals surface area contributed by atoms with Gasteiger partial charge in [0, 0.05) is 51.9 Å². The summed E-state index contributed by atoms with van der Waals surface area (Å²) in [6, 6.07) is 15.2. The molecular weight excluding hydrogens is 378 g/mol. The highest BCUT2D eigenvalue weighted by Crippen LogP contribution is 2.27. The number of phenolic OH excluding ortho intramolecular Hbond substituents is 1. The first-order valence-corrected chi connectivity index (χ1v) is 10.5.